The van der Waals surface area contributed by atoms with Crippen molar-refractivity contribution in [3.8, 4) is 0 Å². The highest BCUT2D eigenvalue weighted by molar-refractivity contribution is 5.83. The van der Waals surface area contributed by atoms with Crippen molar-refractivity contribution in [2.45, 2.75) is 52.0 Å². The number of esters is 1. The number of carbonyl (C=O) groups excluding carboxylic acids is 2. The molecule has 2 N–H and O–H groups in total. The molecule has 0 heterocycles. The maximum Gasteiger partial charge on any atom is 0.329 e. The first kappa shape index (κ1) is 19.0. The lowest BCUT2D eigenvalue weighted by atomic mass is 10.1. The molecule has 0 unspecified atom stereocenters. The maximum atomic E-state index is 12.0. The van der Waals surface area contributed by atoms with Gasteiger partial charge in [-0.05, 0) is 18.9 Å². The Balaban J connectivity index is 2.48. The summed E-state index contributed by atoms with van der Waals surface area (Å²) >= 11 is 0. The van der Waals surface area contributed by atoms with Crippen molar-refractivity contribution < 1.29 is 14.3 Å². The monoisotopic (exact) mass is 320 g/mol. The average molecular weight is 320 g/mol. The first-order chi connectivity index (χ1) is 11.2. The van der Waals surface area contributed by atoms with Crippen molar-refractivity contribution in [2.75, 3.05) is 13.2 Å². The SMILES string of the molecule is CCCCCCNC(=O)N[C@@H](Cc1ccccc1)C(=O)OCC. The number of urea groups is 1. The topological polar surface area (TPSA) is 67.4 Å². The van der Waals surface area contributed by atoms with Gasteiger partial charge in [0.2, 0.25) is 0 Å². The Morgan fingerprint density at radius 1 is 1.09 bits per heavy atom. The zero-order chi connectivity index (χ0) is 16.9. The number of benzene rings is 1. The summed E-state index contributed by atoms with van der Waals surface area (Å²) in [5.41, 5.74) is 0.980. The predicted octanol–water partition coefficient (Wildman–Crippen LogP) is 3.04. The number of carbonyl (C=O) groups is 2. The molecule has 1 aromatic rings. The minimum atomic E-state index is -0.673. The minimum Gasteiger partial charge on any atom is -0.464 e. The van der Waals surface area contributed by atoms with E-state index in [0.29, 0.717) is 19.6 Å². The van der Waals surface area contributed by atoms with E-state index >= 15 is 0 Å². The van der Waals surface area contributed by atoms with Gasteiger partial charge in [-0.15, -0.1) is 0 Å². The maximum absolute atomic E-state index is 12.0. The van der Waals surface area contributed by atoms with Crippen molar-refractivity contribution in [1.82, 2.24) is 10.6 Å². The third-order valence-electron chi connectivity index (χ3n) is 3.47. The fourth-order valence-corrected chi connectivity index (χ4v) is 2.25. The van der Waals surface area contributed by atoms with Crippen LogP contribution >= 0.6 is 0 Å². The van der Waals surface area contributed by atoms with Gasteiger partial charge in [0.1, 0.15) is 6.04 Å². The summed E-state index contributed by atoms with van der Waals surface area (Å²) in [6.45, 7) is 4.82. The molecule has 0 bridgehead atoms. The molecule has 2 amide bonds. The first-order valence-corrected chi connectivity index (χ1v) is 8.42. The lowest BCUT2D eigenvalue weighted by Crippen LogP contribution is -2.48. The van der Waals surface area contributed by atoms with Gasteiger partial charge in [-0.1, -0.05) is 56.5 Å². The molecule has 5 nitrogen and oxygen atoms in total. The zero-order valence-corrected chi connectivity index (χ0v) is 14.1. The van der Waals surface area contributed by atoms with Crippen LogP contribution in [-0.4, -0.2) is 31.2 Å². The highest BCUT2D eigenvalue weighted by Crippen LogP contribution is 2.05. The van der Waals surface area contributed by atoms with E-state index in [2.05, 4.69) is 17.6 Å². The van der Waals surface area contributed by atoms with E-state index in [1.54, 1.807) is 6.92 Å². The Bertz CT molecular complexity index is 463. The Morgan fingerprint density at radius 3 is 2.48 bits per heavy atom. The number of ether oxygens (including phenoxy) is 1. The van der Waals surface area contributed by atoms with Gasteiger partial charge in [-0.3, -0.25) is 0 Å². The quantitative estimate of drug-likeness (QED) is 0.514. The van der Waals surface area contributed by atoms with E-state index in [-0.39, 0.29) is 6.03 Å². The Morgan fingerprint density at radius 2 is 1.83 bits per heavy atom. The molecule has 1 atom stereocenters. The number of amides is 2. The summed E-state index contributed by atoms with van der Waals surface area (Å²) in [5, 5.41) is 5.51. The van der Waals surface area contributed by atoms with Crippen LogP contribution in [0.5, 0.6) is 0 Å². The minimum absolute atomic E-state index is 0.296. The van der Waals surface area contributed by atoms with Crippen LogP contribution in [0.3, 0.4) is 0 Å². The number of unbranched alkanes of at least 4 members (excludes halogenated alkanes) is 3. The fourth-order valence-electron chi connectivity index (χ4n) is 2.25. The molecular weight excluding hydrogens is 292 g/mol. The molecule has 0 aliphatic carbocycles. The van der Waals surface area contributed by atoms with Crippen LogP contribution in [0, 0.1) is 0 Å². The lowest BCUT2D eigenvalue weighted by molar-refractivity contribution is -0.145. The third kappa shape index (κ3) is 8.24. The molecule has 5 heteroatoms. The second-order valence-corrected chi connectivity index (χ2v) is 5.46. The van der Waals surface area contributed by atoms with E-state index in [1.807, 2.05) is 30.3 Å². The highest BCUT2D eigenvalue weighted by Gasteiger charge is 2.22. The van der Waals surface area contributed by atoms with Gasteiger partial charge in [0.15, 0.2) is 0 Å². The standard InChI is InChI=1S/C18H28N2O3/c1-3-5-6-10-13-19-18(22)20-16(17(21)23-4-2)14-15-11-8-7-9-12-15/h7-9,11-12,16H,3-6,10,13-14H2,1-2H3,(H2,19,20,22)/t16-/m0/s1. The van der Waals surface area contributed by atoms with Crippen LogP contribution < -0.4 is 10.6 Å². The van der Waals surface area contributed by atoms with E-state index in [4.69, 9.17) is 4.74 Å². The number of hydrogen-bond acceptors (Lipinski definition) is 3. The van der Waals surface area contributed by atoms with Crippen LogP contribution in [0.15, 0.2) is 30.3 Å². The predicted molar refractivity (Wildman–Crippen MR) is 91.2 cm³/mol. The fraction of sp³-hybridized carbons (Fsp3) is 0.556. The zero-order valence-electron chi connectivity index (χ0n) is 14.1. The molecule has 128 valence electrons. The van der Waals surface area contributed by atoms with Gasteiger partial charge in [0.25, 0.3) is 0 Å². The van der Waals surface area contributed by atoms with Gasteiger partial charge >= 0.3 is 12.0 Å². The van der Waals surface area contributed by atoms with Crippen molar-refractivity contribution >= 4 is 12.0 Å². The number of nitrogens with one attached hydrogen (secondary N) is 2. The van der Waals surface area contributed by atoms with Crippen LogP contribution in [0.1, 0.15) is 45.1 Å². The van der Waals surface area contributed by atoms with E-state index in [9.17, 15) is 9.59 Å². The second-order valence-electron chi connectivity index (χ2n) is 5.46. The molecular formula is C18H28N2O3. The normalized spacial score (nSPS) is 11.6. The Hall–Kier alpha value is -2.04. The first-order valence-electron chi connectivity index (χ1n) is 8.42. The second kappa shape index (κ2) is 11.5. The lowest BCUT2D eigenvalue weighted by Gasteiger charge is -2.18. The molecule has 0 fully saturated rings. The Kier molecular flexibility index (Phi) is 9.52. The van der Waals surface area contributed by atoms with Crippen LogP contribution in [0.4, 0.5) is 4.79 Å². The van der Waals surface area contributed by atoms with Crippen molar-refractivity contribution in [3.05, 3.63) is 35.9 Å². The molecule has 0 aliphatic rings. The molecule has 0 radical (unpaired) electrons. The van der Waals surface area contributed by atoms with Gasteiger partial charge < -0.3 is 15.4 Å². The summed E-state index contributed by atoms with van der Waals surface area (Å²) in [6.07, 6.45) is 4.80. The number of rotatable bonds is 10. The van der Waals surface area contributed by atoms with E-state index in [0.717, 1.165) is 24.8 Å². The average Bonchev–Trinajstić information content (AvgIpc) is 2.55. The smallest absolute Gasteiger partial charge is 0.329 e. The highest BCUT2D eigenvalue weighted by atomic mass is 16.5. The van der Waals surface area contributed by atoms with Crippen LogP contribution in [0.2, 0.25) is 0 Å². The van der Waals surface area contributed by atoms with Gasteiger partial charge in [0, 0.05) is 13.0 Å². The third-order valence-corrected chi connectivity index (χ3v) is 3.47. The molecule has 0 spiro atoms. The van der Waals surface area contributed by atoms with E-state index in [1.165, 1.54) is 6.42 Å². The summed E-state index contributed by atoms with van der Waals surface area (Å²) in [4.78, 5) is 24.0. The van der Waals surface area contributed by atoms with Gasteiger partial charge in [-0.2, -0.15) is 0 Å². The molecule has 0 aliphatic heterocycles. The summed E-state index contributed by atoms with van der Waals surface area (Å²) in [7, 11) is 0. The molecule has 1 rings (SSSR count). The van der Waals surface area contributed by atoms with Crippen LogP contribution in [-0.2, 0) is 16.0 Å². The molecule has 0 saturated carbocycles. The summed E-state index contributed by atoms with van der Waals surface area (Å²) in [6, 6.07) is 8.59. The van der Waals surface area contributed by atoms with E-state index < -0.39 is 12.0 Å². The van der Waals surface area contributed by atoms with Crippen molar-refractivity contribution in [3.63, 3.8) is 0 Å². The summed E-state index contributed by atoms with van der Waals surface area (Å²) < 4.78 is 5.05. The molecule has 1 aromatic carbocycles. The Labute approximate surface area is 138 Å². The molecule has 0 aromatic heterocycles. The van der Waals surface area contributed by atoms with Crippen molar-refractivity contribution in [2.24, 2.45) is 0 Å². The summed E-state index contributed by atoms with van der Waals surface area (Å²) in [5.74, 6) is -0.405. The molecule has 23 heavy (non-hydrogen) atoms. The van der Waals surface area contributed by atoms with Crippen molar-refractivity contribution in [1.29, 1.82) is 0 Å². The number of hydrogen-bond donors (Lipinski definition) is 2. The van der Waals surface area contributed by atoms with Gasteiger partial charge in [-0.25, -0.2) is 9.59 Å². The molecule has 0 saturated heterocycles. The van der Waals surface area contributed by atoms with Gasteiger partial charge in [0.05, 0.1) is 6.61 Å². The largest absolute Gasteiger partial charge is 0.464 e. The van der Waals surface area contributed by atoms with Crippen LogP contribution in [0.25, 0.3) is 0 Å².